The van der Waals surface area contributed by atoms with Gasteiger partial charge in [0.25, 0.3) is 0 Å². The van der Waals surface area contributed by atoms with E-state index in [-0.39, 0.29) is 6.61 Å². The maximum Gasteiger partial charge on any atom is 0.0791 e. The number of aliphatic hydroxyl groups is 1. The van der Waals surface area contributed by atoms with Crippen molar-refractivity contribution in [2.24, 2.45) is 0 Å². The van der Waals surface area contributed by atoms with Crippen LogP contribution in [0.3, 0.4) is 0 Å². The van der Waals surface area contributed by atoms with Gasteiger partial charge in [0.05, 0.1) is 17.6 Å². The molecule has 1 heterocycles. The molecule has 0 bridgehead atoms. The number of aliphatic hydroxyl groups excluding tert-OH is 1. The molecule has 0 unspecified atom stereocenters. The van der Waals surface area contributed by atoms with Gasteiger partial charge in [0.15, 0.2) is 0 Å². The standard InChI is InChI=1S/C18H13NO/c20-11-16-14-7-3-4-8-17(14)19-18-13-6-2-1-5-12(13)9-10-15(16)18/h1-10,20H,11H2. The lowest BCUT2D eigenvalue weighted by molar-refractivity contribution is 0.285. The van der Waals surface area contributed by atoms with Gasteiger partial charge in [0, 0.05) is 16.2 Å². The third kappa shape index (κ3) is 1.52. The SMILES string of the molecule is OCc1c2ccccc2nc2c1ccc1ccccc12. The number of benzene rings is 3. The van der Waals surface area contributed by atoms with Crippen molar-refractivity contribution >= 4 is 32.6 Å². The van der Waals surface area contributed by atoms with Gasteiger partial charge < -0.3 is 5.11 Å². The van der Waals surface area contributed by atoms with E-state index in [9.17, 15) is 5.11 Å². The van der Waals surface area contributed by atoms with Gasteiger partial charge in [-0.15, -0.1) is 0 Å². The summed E-state index contributed by atoms with van der Waals surface area (Å²) in [6, 6.07) is 20.3. The van der Waals surface area contributed by atoms with Crippen LogP contribution in [0.15, 0.2) is 60.7 Å². The van der Waals surface area contributed by atoms with E-state index in [1.54, 1.807) is 0 Å². The number of pyridine rings is 1. The zero-order valence-electron chi connectivity index (χ0n) is 10.9. The number of hydrogen-bond acceptors (Lipinski definition) is 2. The van der Waals surface area contributed by atoms with Gasteiger partial charge >= 0.3 is 0 Å². The van der Waals surface area contributed by atoms with Gasteiger partial charge in [-0.3, -0.25) is 0 Å². The summed E-state index contributed by atoms with van der Waals surface area (Å²) in [5.41, 5.74) is 2.85. The van der Waals surface area contributed by atoms with E-state index in [1.807, 2.05) is 36.4 Å². The topological polar surface area (TPSA) is 33.1 Å². The van der Waals surface area contributed by atoms with Crippen LogP contribution in [0.2, 0.25) is 0 Å². The summed E-state index contributed by atoms with van der Waals surface area (Å²) in [6.07, 6.45) is 0. The number of aromatic nitrogens is 1. The first-order valence-corrected chi connectivity index (χ1v) is 6.68. The maximum atomic E-state index is 9.78. The Balaban J connectivity index is 2.30. The summed E-state index contributed by atoms with van der Waals surface area (Å²) >= 11 is 0. The molecule has 0 radical (unpaired) electrons. The first kappa shape index (κ1) is 11.4. The van der Waals surface area contributed by atoms with Crippen LogP contribution in [0.4, 0.5) is 0 Å². The molecule has 0 saturated carbocycles. The normalized spacial score (nSPS) is 11.4. The summed E-state index contributed by atoms with van der Waals surface area (Å²) in [7, 11) is 0. The molecular weight excluding hydrogens is 246 g/mol. The van der Waals surface area contributed by atoms with Gasteiger partial charge in [-0.05, 0) is 17.0 Å². The lowest BCUT2D eigenvalue weighted by atomic mass is 9.99. The molecule has 4 rings (SSSR count). The third-order valence-electron chi connectivity index (χ3n) is 3.85. The Kier molecular flexibility index (Phi) is 2.44. The van der Waals surface area contributed by atoms with Crippen molar-refractivity contribution in [3.63, 3.8) is 0 Å². The molecule has 0 aliphatic heterocycles. The first-order chi connectivity index (χ1) is 9.88. The Hall–Kier alpha value is -2.45. The van der Waals surface area contributed by atoms with Gasteiger partial charge in [0.2, 0.25) is 0 Å². The summed E-state index contributed by atoms with van der Waals surface area (Å²) in [5, 5.41) is 14.1. The highest BCUT2D eigenvalue weighted by Crippen LogP contribution is 2.30. The number of fused-ring (bicyclic) bond motifs is 4. The van der Waals surface area contributed by atoms with Crippen LogP contribution >= 0.6 is 0 Å². The first-order valence-electron chi connectivity index (χ1n) is 6.68. The largest absolute Gasteiger partial charge is 0.392 e. The van der Waals surface area contributed by atoms with Gasteiger partial charge in [-0.25, -0.2) is 4.98 Å². The molecule has 20 heavy (non-hydrogen) atoms. The molecule has 0 atom stereocenters. The van der Waals surface area contributed by atoms with Gasteiger partial charge in [-0.1, -0.05) is 54.6 Å². The van der Waals surface area contributed by atoms with Crippen LogP contribution in [0.1, 0.15) is 5.56 Å². The molecule has 3 aromatic carbocycles. The summed E-state index contributed by atoms with van der Waals surface area (Å²) in [6.45, 7) is 0.0257. The molecule has 1 N–H and O–H groups in total. The van der Waals surface area contributed by atoms with Crippen LogP contribution in [0.5, 0.6) is 0 Å². The Bertz CT molecular complexity index is 944. The van der Waals surface area contributed by atoms with Crippen molar-refractivity contribution in [3.05, 3.63) is 66.2 Å². The molecule has 0 aliphatic carbocycles. The van der Waals surface area contributed by atoms with Crippen LogP contribution in [0.25, 0.3) is 32.6 Å². The minimum absolute atomic E-state index is 0.0257. The Morgan fingerprint density at radius 2 is 1.50 bits per heavy atom. The number of rotatable bonds is 1. The highest BCUT2D eigenvalue weighted by Gasteiger charge is 2.10. The number of hydrogen-bond donors (Lipinski definition) is 1. The number of nitrogens with zero attached hydrogens (tertiary/aromatic N) is 1. The molecular formula is C18H13NO. The van der Waals surface area contributed by atoms with Crippen LogP contribution in [0, 0.1) is 0 Å². The molecule has 4 aromatic rings. The summed E-state index contributed by atoms with van der Waals surface area (Å²) < 4.78 is 0. The van der Waals surface area contributed by atoms with Gasteiger partial charge in [0.1, 0.15) is 0 Å². The van der Waals surface area contributed by atoms with Gasteiger partial charge in [-0.2, -0.15) is 0 Å². The monoisotopic (exact) mass is 259 g/mol. The fraction of sp³-hybridized carbons (Fsp3) is 0.0556. The Morgan fingerprint density at radius 1 is 0.750 bits per heavy atom. The van der Waals surface area contributed by atoms with Crippen molar-refractivity contribution < 1.29 is 5.11 Å². The molecule has 0 spiro atoms. The quantitative estimate of drug-likeness (QED) is 0.413. The zero-order valence-corrected chi connectivity index (χ0v) is 10.9. The van der Waals surface area contributed by atoms with E-state index >= 15 is 0 Å². The zero-order chi connectivity index (χ0) is 13.5. The van der Waals surface area contributed by atoms with E-state index in [4.69, 9.17) is 4.98 Å². The minimum Gasteiger partial charge on any atom is -0.392 e. The average molecular weight is 259 g/mol. The van der Waals surface area contributed by atoms with Crippen molar-refractivity contribution in [2.45, 2.75) is 6.61 Å². The molecule has 1 aromatic heterocycles. The second-order valence-electron chi connectivity index (χ2n) is 4.95. The molecule has 0 aliphatic rings. The number of para-hydroxylation sites is 1. The Morgan fingerprint density at radius 3 is 2.35 bits per heavy atom. The predicted molar refractivity (Wildman–Crippen MR) is 82.7 cm³/mol. The van der Waals surface area contributed by atoms with Crippen molar-refractivity contribution in [2.75, 3.05) is 0 Å². The van der Waals surface area contributed by atoms with Crippen molar-refractivity contribution in [3.8, 4) is 0 Å². The predicted octanol–water partition coefficient (Wildman–Crippen LogP) is 4.03. The van der Waals surface area contributed by atoms with E-state index in [1.165, 1.54) is 5.39 Å². The summed E-state index contributed by atoms with van der Waals surface area (Å²) in [4.78, 5) is 4.80. The van der Waals surface area contributed by atoms with E-state index < -0.39 is 0 Å². The van der Waals surface area contributed by atoms with Crippen LogP contribution in [-0.2, 0) is 6.61 Å². The molecule has 96 valence electrons. The molecule has 0 amide bonds. The second-order valence-corrected chi connectivity index (χ2v) is 4.95. The van der Waals surface area contributed by atoms with Crippen molar-refractivity contribution in [1.29, 1.82) is 0 Å². The van der Waals surface area contributed by atoms with Crippen molar-refractivity contribution in [1.82, 2.24) is 4.98 Å². The molecule has 0 saturated heterocycles. The van der Waals surface area contributed by atoms with E-state index in [0.717, 1.165) is 32.8 Å². The fourth-order valence-electron chi connectivity index (χ4n) is 2.88. The highest BCUT2D eigenvalue weighted by molar-refractivity contribution is 6.10. The molecule has 2 heteroatoms. The summed E-state index contributed by atoms with van der Waals surface area (Å²) in [5.74, 6) is 0. The van der Waals surface area contributed by atoms with Crippen LogP contribution in [-0.4, -0.2) is 10.1 Å². The fourth-order valence-corrected chi connectivity index (χ4v) is 2.88. The van der Waals surface area contributed by atoms with E-state index in [2.05, 4.69) is 24.3 Å². The second kappa shape index (κ2) is 4.29. The smallest absolute Gasteiger partial charge is 0.0791 e. The third-order valence-corrected chi connectivity index (χ3v) is 3.85. The minimum atomic E-state index is 0.0257. The molecule has 2 nitrogen and oxygen atoms in total. The maximum absolute atomic E-state index is 9.78. The Labute approximate surface area is 116 Å². The van der Waals surface area contributed by atoms with E-state index in [0.29, 0.717) is 0 Å². The lowest BCUT2D eigenvalue weighted by Crippen LogP contribution is -1.93. The molecule has 0 fully saturated rings. The highest BCUT2D eigenvalue weighted by atomic mass is 16.3. The van der Waals surface area contributed by atoms with Crippen LogP contribution < -0.4 is 0 Å². The average Bonchev–Trinajstić information content (AvgIpc) is 2.52. The lowest BCUT2D eigenvalue weighted by Gasteiger charge is -2.10.